The van der Waals surface area contributed by atoms with E-state index in [2.05, 4.69) is 23.3 Å². The van der Waals surface area contributed by atoms with Crippen molar-refractivity contribution < 1.29 is 49.3 Å². The Morgan fingerprint density at radius 2 is 1.65 bits per heavy atom. The van der Waals surface area contributed by atoms with Crippen molar-refractivity contribution in [3.05, 3.63) is 41.5 Å². The van der Waals surface area contributed by atoms with Crippen molar-refractivity contribution in [3.63, 3.8) is 0 Å². The van der Waals surface area contributed by atoms with E-state index in [1.165, 1.54) is 37.1 Å². The van der Waals surface area contributed by atoms with Crippen LogP contribution in [0.2, 0.25) is 0 Å². The molecule has 1 heterocycles. The smallest absolute Gasteiger partial charge is 0.504 e. The Labute approximate surface area is 177 Å². The molecule has 31 heavy (non-hydrogen) atoms. The Morgan fingerprint density at radius 1 is 1.00 bits per heavy atom. The molecule has 10 nitrogen and oxygen atoms in total. The molecular formula is C21H24O10. The molecule has 2 atom stereocenters. The summed E-state index contributed by atoms with van der Waals surface area (Å²) in [7, 11) is 0. The van der Waals surface area contributed by atoms with Crippen LogP contribution < -0.4 is 14.2 Å². The number of rotatable bonds is 4. The number of phenolic OH excluding ortho intramolecular Hbond substituents is 2. The monoisotopic (exact) mass is 436 g/mol. The molecule has 1 aliphatic rings. The highest BCUT2D eigenvalue weighted by Gasteiger charge is 2.33. The van der Waals surface area contributed by atoms with Crippen molar-refractivity contribution in [2.45, 2.75) is 45.3 Å². The van der Waals surface area contributed by atoms with Crippen molar-refractivity contribution in [3.8, 4) is 28.7 Å². The SMILES string of the molecule is CCCC.O=C(O)Oc1cc(OC(=O)O)c2c(c1)O[C@H](c1ccc(O)c(O)c1)[C@H](O)C2. The van der Waals surface area contributed by atoms with Gasteiger partial charge in [-0.25, -0.2) is 9.59 Å². The molecule has 1 aliphatic heterocycles. The number of hydrogen-bond donors (Lipinski definition) is 5. The van der Waals surface area contributed by atoms with Crippen LogP contribution in [0.1, 0.15) is 43.9 Å². The van der Waals surface area contributed by atoms with Crippen LogP contribution >= 0.6 is 0 Å². The summed E-state index contributed by atoms with van der Waals surface area (Å²) in [5.41, 5.74) is 0.551. The van der Waals surface area contributed by atoms with Gasteiger partial charge >= 0.3 is 12.3 Å². The average Bonchev–Trinajstić information content (AvgIpc) is 2.69. The van der Waals surface area contributed by atoms with Crippen LogP contribution in [0.25, 0.3) is 0 Å². The van der Waals surface area contributed by atoms with Crippen LogP contribution in [0.15, 0.2) is 30.3 Å². The third-order valence-corrected chi connectivity index (χ3v) is 4.39. The average molecular weight is 436 g/mol. The second-order valence-electron chi connectivity index (χ2n) is 6.69. The summed E-state index contributed by atoms with van der Waals surface area (Å²) in [5, 5.41) is 47.1. The molecule has 0 fully saturated rings. The van der Waals surface area contributed by atoms with Gasteiger partial charge in [-0.05, 0) is 17.7 Å². The lowest BCUT2D eigenvalue weighted by atomic mass is 9.94. The van der Waals surface area contributed by atoms with E-state index in [-0.39, 0.29) is 35.0 Å². The molecule has 0 saturated heterocycles. The van der Waals surface area contributed by atoms with Gasteiger partial charge in [0, 0.05) is 24.1 Å². The first-order chi connectivity index (χ1) is 14.7. The molecule has 10 heteroatoms. The number of phenols is 2. The molecule has 2 aromatic rings. The molecule has 0 unspecified atom stereocenters. The number of benzene rings is 2. The fourth-order valence-electron chi connectivity index (χ4n) is 2.79. The van der Waals surface area contributed by atoms with Gasteiger partial charge in [0.15, 0.2) is 11.5 Å². The maximum atomic E-state index is 10.9. The van der Waals surface area contributed by atoms with Gasteiger partial charge in [-0.2, -0.15) is 0 Å². The van der Waals surface area contributed by atoms with E-state index in [0.29, 0.717) is 5.56 Å². The minimum atomic E-state index is -1.63. The molecule has 0 amide bonds. The van der Waals surface area contributed by atoms with Gasteiger partial charge in [0.05, 0.1) is 6.10 Å². The quantitative estimate of drug-likeness (QED) is 0.268. The molecule has 168 valence electrons. The molecule has 0 bridgehead atoms. The van der Waals surface area contributed by atoms with Crippen molar-refractivity contribution in [2.24, 2.45) is 0 Å². The summed E-state index contributed by atoms with van der Waals surface area (Å²) in [6, 6.07) is 6.14. The largest absolute Gasteiger partial charge is 0.511 e. The van der Waals surface area contributed by atoms with Gasteiger partial charge in [-0.3, -0.25) is 0 Å². The molecule has 0 spiro atoms. The van der Waals surface area contributed by atoms with Crippen molar-refractivity contribution >= 4 is 12.3 Å². The first-order valence-corrected chi connectivity index (χ1v) is 9.51. The Morgan fingerprint density at radius 3 is 2.19 bits per heavy atom. The number of carbonyl (C=O) groups is 2. The molecular weight excluding hydrogens is 412 g/mol. The zero-order valence-corrected chi connectivity index (χ0v) is 16.9. The van der Waals surface area contributed by atoms with E-state index >= 15 is 0 Å². The Balaban J connectivity index is 0.000000785. The normalized spacial score (nSPS) is 16.7. The van der Waals surface area contributed by atoms with Crippen LogP contribution in [-0.4, -0.2) is 43.9 Å². The molecule has 2 aromatic carbocycles. The lowest BCUT2D eigenvalue weighted by Crippen LogP contribution is -2.30. The van der Waals surface area contributed by atoms with Crippen LogP contribution in [0.3, 0.4) is 0 Å². The van der Waals surface area contributed by atoms with E-state index in [9.17, 15) is 24.9 Å². The molecule has 0 aromatic heterocycles. The van der Waals surface area contributed by atoms with Crippen molar-refractivity contribution in [1.82, 2.24) is 0 Å². The summed E-state index contributed by atoms with van der Waals surface area (Å²) in [5.74, 6) is -1.18. The summed E-state index contributed by atoms with van der Waals surface area (Å²) in [6.07, 6.45) is -2.79. The van der Waals surface area contributed by atoms with Gasteiger partial charge < -0.3 is 39.7 Å². The molecule has 5 N–H and O–H groups in total. The van der Waals surface area contributed by atoms with E-state index in [0.717, 1.165) is 6.07 Å². The van der Waals surface area contributed by atoms with Crippen molar-refractivity contribution in [2.75, 3.05) is 0 Å². The predicted molar refractivity (Wildman–Crippen MR) is 107 cm³/mol. The fourth-order valence-corrected chi connectivity index (χ4v) is 2.79. The second kappa shape index (κ2) is 10.4. The maximum Gasteiger partial charge on any atom is 0.511 e. The number of unbranched alkanes of at least 4 members (excludes halogenated alkanes) is 1. The summed E-state index contributed by atoms with van der Waals surface area (Å²) in [6.45, 7) is 4.36. The lowest BCUT2D eigenvalue weighted by Gasteiger charge is -2.32. The highest BCUT2D eigenvalue weighted by atomic mass is 16.7. The van der Waals surface area contributed by atoms with Gasteiger partial charge in [-0.15, -0.1) is 0 Å². The summed E-state index contributed by atoms with van der Waals surface area (Å²) >= 11 is 0. The number of ether oxygens (including phenoxy) is 3. The van der Waals surface area contributed by atoms with E-state index in [4.69, 9.17) is 14.9 Å². The van der Waals surface area contributed by atoms with Gasteiger partial charge in [0.25, 0.3) is 0 Å². The highest BCUT2D eigenvalue weighted by molar-refractivity contribution is 5.67. The van der Waals surface area contributed by atoms with Crippen LogP contribution in [0.4, 0.5) is 9.59 Å². The number of hydrogen-bond acceptors (Lipinski definition) is 8. The topological polar surface area (TPSA) is 163 Å². The van der Waals surface area contributed by atoms with Crippen LogP contribution in [-0.2, 0) is 6.42 Å². The van der Waals surface area contributed by atoms with Crippen LogP contribution in [0, 0.1) is 0 Å². The highest BCUT2D eigenvalue weighted by Crippen LogP contribution is 2.43. The first kappa shape index (κ1) is 23.6. The Kier molecular flexibility index (Phi) is 7.92. The maximum absolute atomic E-state index is 10.9. The first-order valence-electron chi connectivity index (χ1n) is 9.51. The number of fused-ring (bicyclic) bond motifs is 1. The van der Waals surface area contributed by atoms with Gasteiger partial charge in [0.1, 0.15) is 23.4 Å². The van der Waals surface area contributed by atoms with Crippen LogP contribution in [0.5, 0.6) is 28.7 Å². The zero-order valence-electron chi connectivity index (χ0n) is 16.9. The van der Waals surface area contributed by atoms with E-state index < -0.39 is 30.3 Å². The molecule has 0 aliphatic carbocycles. The third kappa shape index (κ3) is 6.16. The number of carboxylic acid groups (broad SMARTS) is 2. The van der Waals surface area contributed by atoms with Gasteiger partial charge in [-0.1, -0.05) is 32.8 Å². The Bertz CT molecular complexity index is 938. The Hall–Kier alpha value is -3.66. The minimum absolute atomic E-state index is 0.0489. The molecule has 0 saturated carbocycles. The predicted octanol–water partition coefficient (Wildman–Crippen LogP) is 4.05. The van der Waals surface area contributed by atoms with Gasteiger partial charge in [0.2, 0.25) is 0 Å². The van der Waals surface area contributed by atoms with Crippen molar-refractivity contribution in [1.29, 1.82) is 0 Å². The fraction of sp³-hybridized carbons (Fsp3) is 0.333. The molecule has 0 radical (unpaired) electrons. The van der Waals surface area contributed by atoms with E-state index in [1.54, 1.807) is 0 Å². The second-order valence-corrected chi connectivity index (χ2v) is 6.69. The lowest BCUT2D eigenvalue weighted by molar-refractivity contribution is 0.0195. The van der Waals surface area contributed by atoms with E-state index in [1.807, 2.05) is 0 Å². The third-order valence-electron chi connectivity index (χ3n) is 4.39. The standard InChI is InChI=1S/C17H14O10.C4H10/c18-10-2-1-7(3-11(10)19)15-12(20)6-9-13(26-15)4-8(25-16(21)22)5-14(9)27-17(23)24;1-3-4-2/h1-5,12,15,18-20H,6H2,(H,21,22)(H,23,24);3-4H2,1-2H3/t12-,15-;/m1./s1. The summed E-state index contributed by atoms with van der Waals surface area (Å²) < 4.78 is 14.9. The number of aliphatic hydroxyl groups is 1. The number of aliphatic hydroxyl groups excluding tert-OH is 1. The molecule has 3 rings (SSSR count). The zero-order chi connectivity index (χ0) is 23.1. The minimum Gasteiger partial charge on any atom is -0.504 e. The summed E-state index contributed by atoms with van der Waals surface area (Å²) in [4.78, 5) is 21.7. The number of aromatic hydroxyl groups is 2.